The van der Waals surface area contributed by atoms with Crippen LogP contribution < -0.4 is 0 Å². The third-order valence-corrected chi connectivity index (χ3v) is 6.13. The maximum atomic E-state index is 14.3. The lowest BCUT2D eigenvalue weighted by Gasteiger charge is -2.14. The Kier molecular flexibility index (Phi) is 4.52. The summed E-state index contributed by atoms with van der Waals surface area (Å²) < 4.78 is 14.3. The monoisotopic (exact) mass is 414 g/mol. The van der Waals surface area contributed by atoms with E-state index in [0.29, 0.717) is 28.6 Å². The lowest BCUT2D eigenvalue weighted by atomic mass is 9.90. The Morgan fingerprint density at radius 2 is 1.90 bits per heavy atom. The summed E-state index contributed by atoms with van der Waals surface area (Å²) in [4.78, 5) is 31.2. The maximum Gasteiger partial charge on any atom is 0.196 e. The minimum Gasteiger partial charge on any atom is -0.395 e. The lowest BCUT2D eigenvalue weighted by molar-refractivity contribution is 0.103. The fourth-order valence-electron chi connectivity index (χ4n) is 4.09. The third kappa shape index (κ3) is 3.25. The number of aromatic amines is 1. The van der Waals surface area contributed by atoms with Crippen LogP contribution in [0.1, 0.15) is 44.8 Å². The molecule has 2 aromatic heterocycles. The molecule has 2 N–H and O–H groups in total. The van der Waals surface area contributed by atoms with Crippen LogP contribution in [-0.4, -0.2) is 33.8 Å². The number of rotatable bonds is 6. The molecule has 5 nitrogen and oxygen atoms in total. The number of aliphatic hydroxyl groups is 1. The van der Waals surface area contributed by atoms with Gasteiger partial charge in [0.1, 0.15) is 0 Å². The second kappa shape index (κ2) is 7.25. The number of nitrogens with one attached hydrogen (secondary N) is 1. The summed E-state index contributed by atoms with van der Waals surface area (Å²) in [6.07, 6.45) is 5.02. The molecule has 0 amide bonds. The topological polar surface area (TPSA) is 83.0 Å². The van der Waals surface area contributed by atoms with E-state index in [4.69, 9.17) is 0 Å². The molecule has 0 saturated heterocycles. The third-order valence-electron chi connectivity index (χ3n) is 6.13. The molecule has 2 aromatic carbocycles. The van der Waals surface area contributed by atoms with Crippen LogP contribution >= 0.6 is 0 Å². The Hall–Kier alpha value is -3.64. The number of hydrogen-bond donors (Lipinski definition) is 2. The van der Waals surface area contributed by atoms with Crippen LogP contribution in [0.15, 0.2) is 60.9 Å². The van der Waals surface area contributed by atoms with E-state index in [0.717, 1.165) is 35.6 Å². The molecule has 0 bridgehead atoms. The van der Waals surface area contributed by atoms with Gasteiger partial charge in [0.05, 0.1) is 24.1 Å². The minimum atomic E-state index is -0.687. The zero-order valence-electron chi connectivity index (χ0n) is 16.6. The fourth-order valence-corrected chi connectivity index (χ4v) is 4.09. The van der Waals surface area contributed by atoms with Gasteiger partial charge >= 0.3 is 0 Å². The number of benzene rings is 2. The number of carbonyl (C=O) groups is 2. The normalized spacial score (nSPS) is 14.5. The second-order valence-corrected chi connectivity index (χ2v) is 8.03. The van der Waals surface area contributed by atoms with E-state index in [2.05, 4.69) is 9.97 Å². The Balaban J connectivity index is 1.67. The average molecular weight is 414 g/mol. The summed E-state index contributed by atoms with van der Waals surface area (Å²) in [6.45, 7) is 0.112. The molecular formula is C25H19FN2O3. The van der Waals surface area contributed by atoms with Crippen molar-refractivity contribution in [3.05, 3.63) is 89.1 Å². The molecule has 2 heterocycles. The van der Waals surface area contributed by atoms with E-state index >= 15 is 0 Å². The molecule has 4 aromatic rings. The number of aliphatic hydroxyl groups excluding tert-OH is 1. The van der Waals surface area contributed by atoms with Gasteiger partial charge in [-0.3, -0.25) is 14.6 Å². The van der Waals surface area contributed by atoms with Crippen molar-refractivity contribution >= 4 is 23.0 Å². The van der Waals surface area contributed by atoms with E-state index in [1.165, 1.54) is 12.3 Å². The Bertz CT molecular complexity index is 1320. The quantitative estimate of drug-likeness (QED) is 0.361. The van der Waals surface area contributed by atoms with Gasteiger partial charge in [-0.1, -0.05) is 24.3 Å². The van der Waals surface area contributed by atoms with Gasteiger partial charge in [0.25, 0.3) is 0 Å². The van der Waals surface area contributed by atoms with E-state index < -0.39 is 11.6 Å². The van der Waals surface area contributed by atoms with Gasteiger partial charge in [0, 0.05) is 28.1 Å². The van der Waals surface area contributed by atoms with Gasteiger partial charge < -0.3 is 10.1 Å². The lowest BCUT2D eigenvalue weighted by Crippen LogP contribution is -2.11. The number of ketones is 1. The van der Waals surface area contributed by atoms with Crippen molar-refractivity contribution in [3.8, 4) is 11.1 Å². The highest BCUT2D eigenvalue weighted by Gasteiger charge is 2.43. The largest absolute Gasteiger partial charge is 0.395 e. The molecule has 0 atom stereocenters. The van der Waals surface area contributed by atoms with Crippen molar-refractivity contribution in [1.82, 2.24) is 9.97 Å². The summed E-state index contributed by atoms with van der Waals surface area (Å²) in [7, 11) is 0. The van der Waals surface area contributed by atoms with E-state index in [1.54, 1.807) is 12.1 Å². The Labute approximate surface area is 177 Å². The van der Waals surface area contributed by atoms with Crippen molar-refractivity contribution in [2.75, 3.05) is 6.61 Å². The standard InChI is InChI=1S/C25H19FN2O3/c26-22-12-27-8-5-19(22)24(31)21-11-23-16(9-18(13-29)28-23)10-20(21)15-1-3-17(4-2-15)25(14-30)6-7-25/h1-5,8-13,28,30H,6-7,14H2. The molecule has 0 radical (unpaired) electrons. The van der Waals surface area contributed by atoms with Gasteiger partial charge in [0.2, 0.25) is 0 Å². The van der Waals surface area contributed by atoms with Crippen LogP contribution in [0.4, 0.5) is 4.39 Å². The number of hydrogen-bond acceptors (Lipinski definition) is 4. The first kappa shape index (κ1) is 19.3. The molecule has 1 fully saturated rings. The summed E-state index contributed by atoms with van der Waals surface area (Å²) in [6, 6.07) is 14.3. The number of aldehydes is 1. The number of pyridine rings is 1. The van der Waals surface area contributed by atoms with E-state index in [9.17, 15) is 19.1 Å². The summed E-state index contributed by atoms with van der Waals surface area (Å²) in [5.74, 6) is -1.15. The molecule has 31 heavy (non-hydrogen) atoms. The van der Waals surface area contributed by atoms with E-state index in [-0.39, 0.29) is 17.6 Å². The van der Waals surface area contributed by atoms with E-state index in [1.807, 2.05) is 30.3 Å². The fraction of sp³-hybridized carbons (Fsp3) is 0.160. The van der Waals surface area contributed by atoms with Crippen molar-refractivity contribution < 1.29 is 19.1 Å². The molecule has 5 rings (SSSR count). The first-order valence-corrected chi connectivity index (χ1v) is 10.0. The molecule has 0 spiro atoms. The second-order valence-electron chi connectivity index (χ2n) is 8.03. The van der Waals surface area contributed by atoms with Crippen molar-refractivity contribution in [1.29, 1.82) is 0 Å². The number of nitrogens with zero attached hydrogens (tertiary/aromatic N) is 1. The summed E-state index contributed by atoms with van der Waals surface area (Å²) in [5.41, 5.74) is 3.64. The molecular weight excluding hydrogens is 395 g/mol. The molecule has 0 aliphatic heterocycles. The predicted molar refractivity (Wildman–Crippen MR) is 115 cm³/mol. The molecule has 1 saturated carbocycles. The highest BCUT2D eigenvalue weighted by atomic mass is 19.1. The van der Waals surface area contributed by atoms with Crippen LogP contribution in [0.3, 0.4) is 0 Å². The SMILES string of the molecule is O=Cc1cc2cc(-c3ccc(C4(CO)CC4)cc3)c(C(=O)c3ccncc3F)cc2[nH]1. The molecule has 1 aliphatic carbocycles. The zero-order chi connectivity index (χ0) is 21.6. The highest BCUT2D eigenvalue weighted by Crippen LogP contribution is 2.48. The molecule has 1 aliphatic rings. The Morgan fingerprint density at radius 3 is 2.55 bits per heavy atom. The number of halogens is 1. The first-order chi connectivity index (χ1) is 15.0. The maximum absolute atomic E-state index is 14.3. The zero-order valence-corrected chi connectivity index (χ0v) is 16.6. The van der Waals surface area contributed by atoms with Crippen molar-refractivity contribution in [2.45, 2.75) is 18.3 Å². The smallest absolute Gasteiger partial charge is 0.196 e. The molecule has 154 valence electrons. The van der Waals surface area contributed by atoms with Gasteiger partial charge in [-0.05, 0) is 53.8 Å². The van der Waals surface area contributed by atoms with Gasteiger partial charge in [-0.25, -0.2) is 4.39 Å². The number of fused-ring (bicyclic) bond motifs is 1. The van der Waals surface area contributed by atoms with Crippen LogP contribution in [0.25, 0.3) is 22.0 Å². The van der Waals surface area contributed by atoms with Crippen molar-refractivity contribution in [3.63, 3.8) is 0 Å². The summed E-state index contributed by atoms with van der Waals surface area (Å²) in [5, 5.41) is 10.5. The van der Waals surface area contributed by atoms with Crippen molar-refractivity contribution in [2.24, 2.45) is 0 Å². The van der Waals surface area contributed by atoms with Gasteiger partial charge in [-0.2, -0.15) is 0 Å². The minimum absolute atomic E-state index is 0.0633. The van der Waals surface area contributed by atoms with Gasteiger partial charge in [-0.15, -0.1) is 0 Å². The van der Waals surface area contributed by atoms with Crippen LogP contribution in [0.5, 0.6) is 0 Å². The van der Waals surface area contributed by atoms with Gasteiger partial charge in [0.15, 0.2) is 17.9 Å². The van der Waals surface area contributed by atoms with Crippen LogP contribution in [0, 0.1) is 5.82 Å². The number of aromatic nitrogens is 2. The molecule has 6 heteroatoms. The average Bonchev–Trinajstić information content (AvgIpc) is 3.50. The first-order valence-electron chi connectivity index (χ1n) is 10.0. The highest BCUT2D eigenvalue weighted by molar-refractivity contribution is 6.15. The van der Waals surface area contributed by atoms with Crippen LogP contribution in [0.2, 0.25) is 0 Å². The Morgan fingerprint density at radius 1 is 1.13 bits per heavy atom. The summed E-state index contributed by atoms with van der Waals surface area (Å²) >= 11 is 0. The van der Waals surface area contributed by atoms with Crippen LogP contribution in [-0.2, 0) is 5.41 Å². The number of H-pyrrole nitrogens is 1. The molecule has 0 unspecified atom stereocenters. The predicted octanol–water partition coefficient (Wildman–Crippen LogP) is 4.44. The number of carbonyl (C=O) groups excluding carboxylic acids is 2.